The summed E-state index contributed by atoms with van der Waals surface area (Å²) in [5.41, 5.74) is 0.102. The number of carbonyl (C=O) groups excluding carboxylic acids is 1. The Bertz CT molecular complexity index is 173. The molecule has 0 N–H and O–H groups in total. The van der Waals surface area contributed by atoms with Crippen LogP contribution in [0.15, 0.2) is 0 Å². The van der Waals surface area contributed by atoms with E-state index in [4.69, 9.17) is 0 Å². The van der Waals surface area contributed by atoms with Crippen LogP contribution < -0.4 is 0 Å². The second kappa shape index (κ2) is 4.75. The van der Waals surface area contributed by atoms with Gasteiger partial charge in [0.2, 0.25) is 0 Å². The summed E-state index contributed by atoms with van der Waals surface area (Å²) in [6.07, 6.45) is 0.637. The van der Waals surface area contributed by atoms with E-state index in [1.807, 2.05) is 14.0 Å². The lowest BCUT2D eigenvalue weighted by Gasteiger charge is -2.38. The summed E-state index contributed by atoms with van der Waals surface area (Å²) >= 11 is 0. The molecule has 0 fully saturated rings. The summed E-state index contributed by atoms with van der Waals surface area (Å²) < 4.78 is 0. The normalized spacial score (nSPS) is 12.6. The van der Waals surface area contributed by atoms with Crippen LogP contribution in [0, 0.1) is 5.92 Å². The van der Waals surface area contributed by atoms with Gasteiger partial charge in [-0.15, -0.1) is 0 Å². The molecule has 2 heteroatoms. The molecule has 0 aromatic rings. The van der Waals surface area contributed by atoms with Crippen LogP contribution in [0.5, 0.6) is 0 Å². The smallest absolute Gasteiger partial charge is 0.146 e. The molecule has 0 aliphatic carbocycles. The van der Waals surface area contributed by atoms with E-state index in [-0.39, 0.29) is 5.54 Å². The molecule has 0 saturated carbocycles. The van der Waals surface area contributed by atoms with E-state index < -0.39 is 0 Å². The van der Waals surface area contributed by atoms with Gasteiger partial charge in [-0.1, -0.05) is 20.8 Å². The molecule has 0 aliphatic rings. The first-order chi connectivity index (χ1) is 5.82. The van der Waals surface area contributed by atoms with Crippen molar-refractivity contribution >= 4 is 5.78 Å². The molecular weight excluding hydrogens is 162 g/mol. The lowest BCUT2D eigenvalue weighted by molar-refractivity contribution is -0.121. The lowest BCUT2D eigenvalue weighted by Crippen LogP contribution is -2.47. The maximum atomic E-state index is 11.2. The molecule has 78 valence electrons. The summed E-state index contributed by atoms with van der Waals surface area (Å²) in [6, 6.07) is 0. The third-order valence-electron chi connectivity index (χ3n) is 3.20. The predicted octanol–water partition coefficient (Wildman–Crippen LogP) is 2.33. The average molecular weight is 185 g/mol. The highest BCUT2D eigenvalue weighted by Crippen LogP contribution is 2.22. The van der Waals surface area contributed by atoms with Crippen LogP contribution in [0.1, 0.15) is 41.0 Å². The molecule has 0 radical (unpaired) electrons. The van der Waals surface area contributed by atoms with Crippen LogP contribution in [0.4, 0.5) is 0 Å². The molecule has 0 aliphatic heterocycles. The third-order valence-corrected chi connectivity index (χ3v) is 3.20. The quantitative estimate of drug-likeness (QED) is 0.655. The van der Waals surface area contributed by atoms with Crippen molar-refractivity contribution in [3.63, 3.8) is 0 Å². The van der Waals surface area contributed by atoms with E-state index in [0.29, 0.717) is 24.7 Å². The molecule has 0 atom stereocenters. The number of hydrogen-bond acceptors (Lipinski definition) is 2. The summed E-state index contributed by atoms with van der Waals surface area (Å²) in [4.78, 5) is 13.4. The van der Waals surface area contributed by atoms with Crippen LogP contribution in [-0.2, 0) is 4.79 Å². The van der Waals surface area contributed by atoms with Crippen molar-refractivity contribution in [2.75, 3.05) is 13.6 Å². The van der Waals surface area contributed by atoms with Gasteiger partial charge in [-0.05, 0) is 26.8 Å². The Kier molecular flexibility index (Phi) is 4.62. The van der Waals surface area contributed by atoms with E-state index in [0.717, 1.165) is 0 Å². The van der Waals surface area contributed by atoms with E-state index in [2.05, 4.69) is 32.6 Å². The number of hydrogen-bond donors (Lipinski definition) is 0. The number of carbonyl (C=O) groups is 1. The summed E-state index contributed by atoms with van der Waals surface area (Å²) in [7, 11) is 2.02. The standard InChI is InChI=1S/C11H23NO/c1-7-10(13)8-12(6)11(4,5)9(2)3/h9H,7-8H2,1-6H3. The first-order valence-corrected chi connectivity index (χ1v) is 5.05. The van der Waals surface area contributed by atoms with E-state index in [1.165, 1.54) is 0 Å². The fourth-order valence-corrected chi connectivity index (χ4v) is 1.02. The molecule has 2 nitrogen and oxygen atoms in total. The van der Waals surface area contributed by atoms with Crippen molar-refractivity contribution in [2.45, 2.75) is 46.6 Å². The maximum Gasteiger partial charge on any atom is 0.146 e. The van der Waals surface area contributed by atoms with Gasteiger partial charge in [0.25, 0.3) is 0 Å². The minimum Gasteiger partial charge on any atom is -0.298 e. The zero-order valence-electron chi connectivity index (χ0n) is 9.85. The fraction of sp³-hybridized carbons (Fsp3) is 0.909. The van der Waals surface area contributed by atoms with Gasteiger partial charge in [0.1, 0.15) is 5.78 Å². The average Bonchev–Trinajstić information content (AvgIpc) is 2.03. The highest BCUT2D eigenvalue weighted by molar-refractivity contribution is 5.80. The summed E-state index contributed by atoms with van der Waals surface area (Å²) in [5.74, 6) is 0.874. The number of likely N-dealkylation sites (N-methyl/N-ethyl adjacent to an activating group) is 1. The number of ketones is 1. The van der Waals surface area contributed by atoms with Crippen LogP contribution in [0.3, 0.4) is 0 Å². The fourth-order valence-electron chi connectivity index (χ4n) is 1.02. The third kappa shape index (κ3) is 3.47. The van der Waals surface area contributed by atoms with Crippen molar-refractivity contribution in [3.05, 3.63) is 0 Å². The number of rotatable bonds is 5. The van der Waals surface area contributed by atoms with Crippen molar-refractivity contribution in [1.82, 2.24) is 4.90 Å². The zero-order valence-corrected chi connectivity index (χ0v) is 9.85. The van der Waals surface area contributed by atoms with Crippen LogP contribution in [-0.4, -0.2) is 29.8 Å². The van der Waals surface area contributed by atoms with Gasteiger partial charge < -0.3 is 0 Å². The van der Waals surface area contributed by atoms with Gasteiger partial charge >= 0.3 is 0 Å². The van der Waals surface area contributed by atoms with Crippen molar-refractivity contribution in [3.8, 4) is 0 Å². The molecule has 0 unspecified atom stereocenters. The second-order valence-corrected chi connectivity index (χ2v) is 4.56. The molecule has 0 spiro atoms. The Morgan fingerprint density at radius 2 is 1.85 bits per heavy atom. The van der Waals surface area contributed by atoms with Gasteiger partial charge in [-0.2, -0.15) is 0 Å². The Morgan fingerprint density at radius 3 is 2.15 bits per heavy atom. The molecule has 0 amide bonds. The molecule has 0 heterocycles. The summed E-state index contributed by atoms with van der Waals surface area (Å²) in [6.45, 7) is 11.2. The minimum atomic E-state index is 0.102. The van der Waals surface area contributed by atoms with Crippen molar-refractivity contribution < 1.29 is 4.79 Å². The second-order valence-electron chi connectivity index (χ2n) is 4.56. The molecule has 0 rings (SSSR count). The highest BCUT2D eigenvalue weighted by atomic mass is 16.1. The topological polar surface area (TPSA) is 20.3 Å². The highest BCUT2D eigenvalue weighted by Gasteiger charge is 2.27. The first-order valence-electron chi connectivity index (χ1n) is 5.05. The van der Waals surface area contributed by atoms with Gasteiger partial charge in [0.05, 0.1) is 6.54 Å². The Hall–Kier alpha value is -0.370. The van der Waals surface area contributed by atoms with Gasteiger partial charge in [0.15, 0.2) is 0 Å². The first kappa shape index (κ1) is 12.6. The summed E-state index contributed by atoms with van der Waals surface area (Å²) in [5, 5.41) is 0. The van der Waals surface area contributed by atoms with E-state index >= 15 is 0 Å². The molecule has 0 saturated heterocycles. The van der Waals surface area contributed by atoms with E-state index in [9.17, 15) is 4.79 Å². The molecule has 0 bridgehead atoms. The van der Waals surface area contributed by atoms with Crippen molar-refractivity contribution in [2.24, 2.45) is 5.92 Å². The maximum absolute atomic E-state index is 11.2. The SMILES string of the molecule is CCC(=O)CN(C)C(C)(C)C(C)C. The molecular formula is C11H23NO. The van der Waals surface area contributed by atoms with Crippen LogP contribution in [0.2, 0.25) is 0 Å². The monoisotopic (exact) mass is 185 g/mol. The predicted molar refractivity (Wildman–Crippen MR) is 56.8 cm³/mol. The number of Topliss-reactive ketones (excluding diaryl/α,β-unsaturated/α-hetero) is 1. The largest absolute Gasteiger partial charge is 0.298 e. The van der Waals surface area contributed by atoms with Crippen molar-refractivity contribution in [1.29, 1.82) is 0 Å². The minimum absolute atomic E-state index is 0.102. The van der Waals surface area contributed by atoms with Crippen LogP contribution >= 0.6 is 0 Å². The van der Waals surface area contributed by atoms with E-state index in [1.54, 1.807) is 0 Å². The Labute approximate surface area is 82.3 Å². The van der Waals surface area contributed by atoms with Gasteiger partial charge in [0, 0.05) is 12.0 Å². The Balaban J connectivity index is 4.24. The molecule has 0 aromatic heterocycles. The van der Waals surface area contributed by atoms with Gasteiger partial charge in [-0.3, -0.25) is 9.69 Å². The number of nitrogens with zero attached hydrogens (tertiary/aromatic N) is 1. The molecule has 0 aromatic carbocycles. The molecule has 13 heavy (non-hydrogen) atoms. The van der Waals surface area contributed by atoms with Gasteiger partial charge in [-0.25, -0.2) is 0 Å². The van der Waals surface area contributed by atoms with Crippen LogP contribution in [0.25, 0.3) is 0 Å². The lowest BCUT2D eigenvalue weighted by atomic mass is 9.89. The Morgan fingerprint density at radius 1 is 1.38 bits per heavy atom. The zero-order chi connectivity index (χ0) is 10.6.